The maximum atomic E-state index is 12.8. The van der Waals surface area contributed by atoms with E-state index in [1.54, 1.807) is 0 Å². The number of nitrogens with zero attached hydrogens (tertiary/aromatic N) is 2. The van der Waals surface area contributed by atoms with E-state index in [0.717, 1.165) is 49.0 Å². The number of thiocarbonyl (C=S) groups is 1. The van der Waals surface area contributed by atoms with Crippen molar-refractivity contribution in [2.45, 2.75) is 19.4 Å². The number of likely N-dealkylation sites (N-methyl/N-ethyl adjacent to an activating group) is 1. The van der Waals surface area contributed by atoms with Crippen LogP contribution in [0.5, 0.6) is 0 Å². The van der Waals surface area contributed by atoms with Gasteiger partial charge in [0.05, 0.1) is 6.04 Å². The quantitative estimate of drug-likeness (QED) is 0.612. The highest BCUT2D eigenvalue weighted by atomic mass is 32.1. The summed E-state index contributed by atoms with van der Waals surface area (Å²) in [6.07, 6.45) is 0.378. The summed E-state index contributed by atoms with van der Waals surface area (Å²) < 4.78 is 0. The zero-order chi connectivity index (χ0) is 19.1. The van der Waals surface area contributed by atoms with Gasteiger partial charge in [0.25, 0.3) is 0 Å². The van der Waals surface area contributed by atoms with Crippen LogP contribution < -0.4 is 5.32 Å². The van der Waals surface area contributed by atoms with Crippen molar-refractivity contribution in [3.05, 3.63) is 71.8 Å². The van der Waals surface area contributed by atoms with Gasteiger partial charge in [-0.25, -0.2) is 0 Å². The fourth-order valence-corrected chi connectivity index (χ4v) is 3.70. The van der Waals surface area contributed by atoms with Crippen LogP contribution in [0.2, 0.25) is 0 Å². The lowest BCUT2D eigenvalue weighted by atomic mass is 9.98. The van der Waals surface area contributed by atoms with Crippen molar-refractivity contribution in [3.8, 4) is 0 Å². The van der Waals surface area contributed by atoms with E-state index in [4.69, 9.17) is 12.2 Å². The highest BCUT2D eigenvalue weighted by Crippen LogP contribution is 2.20. The van der Waals surface area contributed by atoms with E-state index in [-0.39, 0.29) is 11.8 Å². The zero-order valence-corrected chi connectivity index (χ0v) is 16.6. The maximum Gasteiger partial charge on any atom is 0.169 e. The molecule has 0 spiro atoms. The lowest BCUT2D eigenvalue weighted by molar-refractivity contribution is 0.0971. The molecule has 0 amide bonds. The molecule has 4 nitrogen and oxygen atoms in total. The number of hydrogen-bond donors (Lipinski definition) is 1. The summed E-state index contributed by atoms with van der Waals surface area (Å²) in [4.78, 5) is 17.4. The van der Waals surface area contributed by atoms with Crippen molar-refractivity contribution >= 4 is 23.1 Å². The molecule has 2 aromatic rings. The molecule has 0 aromatic heterocycles. The van der Waals surface area contributed by atoms with E-state index < -0.39 is 0 Å². The Hall–Kier alpha value is -2.24. The van der Waals surface area contributed by atoms with Crippen molar-refractivity contribution < 1.29 is 4.79 Å². The van der Waals surface area contributed by atoms with E-state index in [9.17, 15) is 4.79 Å². The third-order valence-electron chi connectivity index (χ3n) is 5.09. The fraction of sp³-hybridized carbons (Fsp3) is 0.364. The van der Waals surface area contributed by atoms with Crippen LogP contribution in [0.15, 0.2) is 60.7 Å². The van der Waals surface area contributed by atoms with Crippen LogP contribution in [0, 0.1) is 0 Å². The van der Waals surface area contributed by atoms with Crippen LogP contribution in [0.3, 0.4) is 0 Å². The van der Waals surface area contributed by atoms with E-state index in [1.165, 1.54) is 0 Å². The summed E-state index contributed by atoms with van der Waals surface area (Å²) >= 11 is 5.68. The Morgan fingerprint density at radius 2 is 1.59 bits per heavy atom. The Morgan fingerprint density at radius 1 is 1.00 bits per heavy atom. The minimum Gasteiger partial charge on any atom is -0.355 e. The van der Waals surface area contributed by atoms with Crippen LogP contribution >= 0.6 is 12.2 Å². The maximum absolute atomic E-state index is 12.8. The molecule has 142 valence electrons. The van der Waals surface area contributed by atoms with Gasteiger partial charge >= 0.3 is 0 Å². The predicted molar refractivity (Wildman–Crippen MR) is 114 cm³/mol. The molecular weight excluding hydrogens is 354 g/mol. The first-order valence-corrected chi connectivity index (χ1v) is 9.99. The number of rotatable bonds is 6. The average Bonchev–Trinajstić information content (AvgIpc) is 2.74. The van der Waals surface area contributed by atoms with Gasteiger partial charge in [0, 0.05) is 38.2 Å². The Morgan fingerprint density at radius 3 is 2.19 bits per heavy atom. The third-order valence-corrected chi connectivity index (χ3v) is 5.47. The van der Waals surface area contributed by atoms with Crippen LogP contribution in [0.4, 0.5) is 0 Å². The first-order valence-electron chi connectivity index (χ1n) is 9.58. The fourth-order valence-electron chi connectivity index (χ4n) is 3.37. The van der Waals surface area contributed by atoms with Gasteiger partial charge in [0.15, 0.2) is 10.9 Å². The van der Waals surface area contributed by atoms with Crippen molar-refractivity contribution in [2.75, 3.05) is 32.7 Å². The number of hydrogen-bond acceptors (Lipinski definition) is 3. The number of nitrogens with one attached hydrogen (secondary N) is 1. The molecule has 0 radical (unpaired) electrons. The Bertz CT molecular complexity index is 743. The standard InChI is InChI=1S/C22H27N3OS/c1-2-24-13-15-25(16-14-24)22(27)23-20(18-9-5-3-6-10-18)17-21(26)19-11-7-4-8-12-19/h3-12,20H,2,13-17H2,1H3,(H,23,27)/t20-/m1/s1. The minimum absolute atomic E-state index is 0.121. The monoisotopic (exact) mass is 381 g/mol. The van der Waals surface area contributed by atoms with Gasteiger partial charge in [-0.15, -0.1) is 0 Å². The molecule has 5 heteroatoms. The number of carbonyl (C=O) groups is 1. The average molecular weight is 382 g/mol. The lowest BCUT2D eigenvalue weighted by Crippen LogP contribution is -2.52. The van der Waals surface area contributed by atoms with Gasteiger partial charge in [-0.3, -0.25) is 4.79 Å². The Labute approximate surface area is 167 Å². The molecule has 0 saturated carbocycles. The molecule has 1 aliphatic heterocycles. The van der Waals surface area contributed by atoms with E-state index in [2.05, 4.69) is 22.0 Å². The summed E-state index contributed by atoms with van der Waals surface area (Å²) in [5.74, 6) is 0.121. The normalized spacial score (nSPS) is 16.0. The molecule has 1 atom stereocenters. The molecule has 1 heterocycles. The molecule has 1 aliphatic rings. The first-order chi connectivity index (χ1) is 13.2. The second-order valence-corrected chi connectivity index (χ2v) is 7.21. The summed E-state index contributed by atoms with van der Waals surface area (Å²) in [6.45, 7) is 7.16. The van der Waals surface area contributed by atoms with Gasteiger partial charge in [0.1, 0.15) is 0 Å². The largest absolute Gasteiger partial charge is 0.355 e. The summed E-state index contributed by atoms with van der Waals surface area (Å²) in [5, 5.41) is 4.19. The van der Waals surface area contributed by atoms with Gasteiger partial charge in [-0.2, -0.15) is 0 Å². The topological polar surface area (TPSA) is 35.6 Å². The first kappa shape index (κ1) is 19.5. The molecule has 2 aromatic carbocycles. The molecule has 0 bridgehead atoms. The third kappa shape index (κ3) is 5.37. The van der Waals surface area contributed by atoms with Crippen LogP contribution in [0.1, 0.15) is 35.3 Å². The SMILES string of the molecule is CCN1CCN(C(=S)N[C@H](CC(=O)c2ccccc2)c2ccccc2)CC1. The summed E-state index contributed by atoms with van der Waals surface area (Å²) in [6, 6.07) is 19.4. The highest BCUT2D eigenvalue weighted by Gasteiger charge is 2.22. The van der Waals surface area contributed by atoms with Gasteiger partial charge < -0.3 is 15.1 Å². The van der Waals surface area contributed by atoms with Gasteiger partial charge in [-0.05, 0) is 24.3 Å². The van der Waals surface area contributed by atoms with Crippen molar-refractivity contribution in [1.29, 1.82) is 0 Å². The van der Waals surface area contributed by atoms with Crippen molar-refractivity contribution in [3.63, 3.8) is 0 Å². The summed E-state index contributed by atoms with van der Waals surface area (Å²) in [5.41, 5.74) is 1.82. The van der Waals surface area contributed by atoms with Crippen LogP contribution in [0.25, 0.3) is 0 Å². The van der Waals surface area contributed by atoms with Gasteiger partial charge in [-0.1, -0.05) is 67.6 Å². The van der Waals surface area contributed by atoms with E-state index >= 15 is 0 Å². The summed E-state index contributed by atoms with van der Waals surface area (Å²) in [7, 11) is 0. The molecule has 0 aliphatic carbocycles. The molecule has 27 heavy (non-hydrogen) atoms. The van der Waals surface area contributed by atoms with Gasteiger partial charge in [0.2, 0.25) is 0 Å². The lowest BCUT2D eigenvalue weighted by Gasteiger charge is -2.36. The smallest absolute Gasteiger partial charge is 0.169 e. The molecule has 1 saturated heterocycles. The van der Waals surface area contributed by atoms with Crippen LogP contribution in [-0.2, 0) is 0 Å². The van der Waals surface area contributed by atoms with Crippen LogP contribution in [-0.4, -0.2) is 53.4 Å². The highest BCUT2D eigenvalue weighted by molar-refractivity contribution is 7.80. The second-order valence-electron chi connectivity index (χ2n) is 6.83. The molecule has 3 rings (SSSR count). The zero-order valence-electron chi connectivity index (χ0n) is 15.8. The van der Waals surface area contributed by atoms with E-state index in [0.29, 0.717) is 6.42 Å². The second kappa shape index (κ2) is 9.62. The minimum atomic E-state index is -0.129. The number of ketones is 1. The number of piperazine rings is 1. The number of Topliss-reactive ketones (excluding diaryl/α,β-unsaturated/α-hetero) is 1. The number of benzene rings is 2. The molecule has 1 fully saturated rings. The Kier molecular flexibility index (Phi) is 6.96. The predicted octanol–water partition coefficient (Wildman–Crippen LogP) is 3.51. The molecule has 0 unspecified atom stereocenters. The van der Waals surface area contributed by atoms with Crippen molar-refractivity contribution in [2.24, 2.45) is 0 Å². The molecule has 1 N–H and O–H groups in total. The van der Waals surface area contributed by atoms with Crippen molar-refractivity contribution in [1.82, 2.24) is 15.1 Å². The molecular formula is C22H27N3OS. The Balaban J connectivity index is 1.69. The van der Waals surface area contributed by atoms with E-state index in [1.807, 2.05) is 60.7 Å². The number of carbonyl (C=O) groups excluding carboxylic acids is 1.